The van der Waals surface area contributed by atoms with Gasteiger partial charge in [-0.05, 0) is 18.8 Å². The fraction of sp³-hybridized carbons (Fsp3) is 0.750. The van der Waals surface area contributed by atoms with Crippen molar-refractivity contribution in [2.45, 2.75) is 39.2 Å². The van der Waals surface area contributed by atoms with Crippen molar-refractivity contribution in [3.05, 3.63) is 0 Å². The van der Waals surface area contributed by atoms with Crippen molar-refractivity contribution in [2.75, 3.05) is 6.54 Å². The smallest absolute Gasteiger partial charge is 0.316 e. The second kappa shape index (κ2) is 7.06. The van der Waals surface area contributed by atoms with Crippen LogP contribution >= 0.6 is 22.9 Å². The van der Waals surface area contributed by atoms with Crippen LogP contribution in [0.1, 0.15) is 33.1 Å². The number of carbonyl (C=O) groups is 3. The molecule has 2 unspecified atom stereocenters. The third-order valence-corrected chi connectivity index (χ3v) is 4.07. The van der Waals surface area contributed by atoms with Gasteiger partial charge in [-0.3, -0.25) is 17.9 Å². The summed E-state index contributed by atoms with van der Waals surface area (Å²) < 4.78 is 2.49. The molecule has 1 aliphatic heterocycles. The van der Waals surface area contributed by atoms with Gasteiger partial charge in [0.15, 0.2) is 0 Å². The molecule has 3 atom stereocenters. The topological polar surface area (TPSA) is 86.7 Å². The van der Waals surface area contributed by atoms with E-state index < -0.39 is 23.8 Å². The van der Waals surface area contributed by atoms with Crippen molar-refractivity contribution in [2.24, 2.45) is 11.8 Å². The molecule has 0 saturated carbocycles. The van der Waals surface area contributed by atoms with Crippen LogP contribution in [0, 0.1) is 11.8 Å². The summed E-state index contributed by atoms with van der Waals surface area (Å²) in [6.07, 6.45) is 1.98. The Balaban J connectivity index is 2.95. The summed E-state index contributed by atoms with van der Waals surface area (Å²) in [6, 6.07) is -0.576. The van der Waals surface area contributed by atoms with Gasteiger partial charge in [-0.2, -0.15) is 0 Å². The van der Waals surface area contributed by atoms with Crippen LogP contribution in [-0.2, 0) is 14.4 Å². The maximum Gasteiger partial charge on any atom is 0.316 e. The van der Waals surface area contributed by atoms with E-state index in [0.717, 1.165) is 6.42 Å². The second-order valence-corrected chi connectivity index (χ2v) is 5.28. The average molecular weight is 382 g/mol. The minimum absolute atomic E-state index is 0.203. The molecular formula is C12H19IN2O4. The van der Waals surface area contributed by atoms with Crippen molar-refractivity contribution in [3.8, 4) is 0 Å². The zero-order valence-corrected chi connectivity index (χ0v) is 13.2. The number of carboxylic acids is 1. The molecular weight excluding hydrogens is 363 g/mol. The van der Waals surface area contributed by atoms with Crippen LogP contribution in [0.5, 0.6) is 0 Å². The van der Waals surface area contributed by atoms with Crippen LogP contribution in [0.15, 0.2) is 0 Å². The monoisotopic (exact) mass is 382 g/mol. The predicted molar refractivity (Wildman–Crippen MR) is 77.5 cm³/mol. The Morgan fingerprint density at radius 1 is 1.53 bits per heavy atom. The molecule has 1 heterocycles. The van der Waals surface area contributed by atoms with Gasteiger partial charge in [-0.1, -0.05) is 20.3 Å². The first kappa shape index (κ1) is 16.2. The van der Waals surface area contributed by atoms with Crippen LogP contribution in [-0.4, -0.2) is 40.4 Å². The van der Waals surface area contributed by atoms with Crippen molar-refractivity contribution in [3.63, 3.8) is 0 Å². The van der Waals surface area contributed by atoms with Gasteiger partial charge in [0.1, 0.15) is 12.0 Å². The Morgan fingerprint density at radius 3 is 2.58 bits per heavy atom. The lowest BCUT2D eigenvalue weighted by Crippen LogP contribution is -2.46. The summed E-state index contributed by atoms with van der Waals surface area (Å²) in [5, 5.41) is 9.20. The molecule has 1 aliphatic rings. The zero-order chi connectivity index (χ0) is 14.6. The molecule has 0 radical (unpaired) electrons. The number of hydrogen-bond acceptors (Lipinski definition) is 3. The number of aliphatic carboxylic acids is 1. The lowest BCUT2D eigenvalue weighted by molar-refractivity contribution is -0.150. The van der Waals surface area contributed by atoms with E-state index in [1.54, 1.807) is 22.9 Å². The minimum atomic E-state index is -1.09. The molecule has 2 N–H and O–H groups in total. The lowest BCUT2D eigenvalue weighted by atomic mass is 9.92. The number of halogens is 1. The Bertz CT molecular complexity index is 375. The highest BCUT2D eigenvalue weighted by atomic mass is 127. The minimum Gasteiger partial charge on any atom is -0.481 e. The highest BCUT2D eigenvalue weighted by molar-refractivity contribution is 14.1. The number of amides is 2. The van der Waals surface area contributed by atoms with Gasteiger partial charge in [0.2, 0.25) is 5.91 Å². The highest BCUT2D eigenvalue weighted by Gasteiger charge is 2.47. The molecule has 0 bridgehead atoms. The number of likely N-dealkylation sites (tertiary alicyclic amines) is 1. The molecule has 0 aromatic carbocycles. The summed E-state index contributed by atoms with van der Waals surface area (Å²) in [5.74, 6) is -2.98. The largest absolute Gasteiger partial charge is 0.481 e. The normalized spacial score (nSPS) is 24.4. The zero-order valence-electron chi connectivity index (χ0n) is 11.1. The van der Waals surface area contributed by atoms with E-state index in [1.165, 1.54) is 4.90 Å². The third kappa shape index (κ3) is 3.37. The highest BCUT2D eigenvalue weighted by Crippen LogP contribution is 2.31. The molecule has 1 fully saturated rings. The molecule has 108 valence electrons. The number of hydrogen-bond donors (Lipinski definition) is 2. The van der Waals surface area contributed by atoms with Gasteiger partial charge < -0.3 is 10.0 Å². The standard InChI is InChI=1S/C12H19IN2O4/c1-3-5-7-6-15(8(4-2)10(16)14-13)11(17)9(7)12(18)19/h7-9H,3-6H2,1-2H3,(H,14,16)(H,18,19)/t7?,8-,9?/m0/s1. The molecule has 0 aromatic heterocycles. The molecule has 0 spiro atoms. The predicted octanol–water partition coefficient (Wildman–Crippen LogP) is 1.19. The van der Waals surface area contributed by atoms with Gasteiger partial charge >= 0.3 is 5.97 Å². The van der Waals surface area contributed by atoms with E-state index in [2.05, 4.69) is 3.53 Å². The first-order valence-corrected chi connectivity index (χ1v) is 7.49. The number of nitrogens with one attached hydrogen (secondary N) is 1. The molecule has 19 heavy (non-hydrogen) atoms. The van der Waals surface area contributed by atoms with Crippen LogP contribution < -0.4 is 3.53 Å². The first-order chi connectivity index (χ1) is 8.97. The number of carboxylic acid groups (broad SMARTS) is 1. The Hall–Kier alpha value is -0.860. The lowest BCUT2D eigenvalue weighted by Gasteiger charge is -2.25. The summed E-state index contributed by atoms with van der Waals surface area (Å²) in [7, 11) is 0. The number of carbonyl (C=O) groups excluding carboxylic acids is 2. The maximum absolute atomic E-state index is 12.2. The van der Waals surface area contributed by atoms with E-state index in [9.17, 15) is 19.5 Å². The summed E-state index contributed by atoms with van der Waals surface area (Å²) in [5.41, 5.74) is 0. The third-order valence-electron chi connectivity index (χ3n) is 3.54. The van der Waals surface area contributed by atoms with Gasteiger partial charge in [-0.15, -0.1) is 0 Å². The molecule has 2 amide bonds. The van der Waals surface area contributed by atoms with Crippen molar-refractivity contribution in [1.29, 1.82) is 0 Å². The molecule has 7 heteroatoms. The van der Waals surface area contributed by atoms with E-state index >= 15 is 0 Å². The average Bonchev–Trinajstić information content (AvgIpc) is 2.68. The Kier molecular flexibility index (Phi) is 6.02. The summed E-state index contributed by atoms with van der Waals surface area (Å²) >= 11 is 1.73. The van der Waals surface area contributed by atoms with Crippen molar-refractivity contribution in [1.82, 2.24) is 8.43 Å². The molecule has 0 aromatic rings. The SMILES string of the molecule is CCCC1CN([C@@H](CC)C(=O)NI)C(=O)C1C(=O)O. The van der Waals surface area contributed by atoms with Gasteiger partial charge in [0, 0.05) is 6.54 Å². The first-order valence-electron chi connectivity index (χ1n) is 6.41. The number of nitrogens with zero attached hydrogens (tertiary/aromatic N) is 1. The quantitative estimate of drug-likeness (QED) is 0.411. The van der Waals surface area contributed by atoms with Crippen LogP contribution in [0.3, 0.4) is 0 Å². The summed E-state index contributed by atoms with van der Waals surface area (Å²) in [4.78, 5) is 36.6. The fourth-order valence-electron chi connectivity index (χ4n) is 2.66. The van der Waals surface area contributed by atoms with E-state index in [4.69, 9.17) is 0 Å². The maximum atomic E-state index is 12.2. The Labute approximate surface area is 126 Å². The molecule has 6 nitrogen and oxygen atoms in total. The second-order valence-electron chi connectivity index (χ2n) is 4.74. The van der Waals surface area contributed by atoms with Crippen molar-refractivity contribution < 1.29 is 19.5 Å². The van der Waals surface area contributed by atoms with Gasteiger partial charge in [-0.25, -0.2) is 0 Å². The molecule has 1 saturated heterocycles. The van der Waals surface area contributed by atoms with Crippen LogP contribution in [0.25, 0.3) is 0 Å². The number of rotatable bonds is 6. The molecule has 1 rings (SSSR count). The van der Waals surface area contributed by atoms with Crippen LogP contribution in [0.4, 0.5) is 0 Å². The van der Waals surface area contributed by atoms with Crippen LogP contribution in [0.2, 0.25) is 0 Å². The Morgan fingerprint density at radius 2 is 2.16 bits per heavy atom. The van der Waals surface area contributed by atoms with E-state index in [1.807, 2.05) is 13.8 Å². The van der Waals surface area contributed by atoms with E-state index in [-0.39, 0.29) is 11.8 Å². The van der Waals surface area contributed by atoms with Crippen molar-refractivity contribution >= 4 is 40.6 Å². The fourth-order valence-corrected chi connectivity index (χ4v) is 3.01. The summed E-state index contributed by atoms with van der Waals surface area (Å²) in [6.45, 7) is 4.12. The van der Waals surface area contributed by atoms with E-state index in [0.29, 0.717) is 19.4 Å². The van der Waals surface area contributed by atoms with Gasteiger partial charge in [0.25, 0.3) is 5.91 Å². The van der Waals surface area contributed by atoms with Gasteiger partial charge in [0.05, 0.1) is 22.9 Å². The molecule has 0 aliphatic carbocycles.